The number of aromatic nitrogens is 4. The second-order valence-corrected chi connectivity index (χ2v) is 7.74. The number of nitrogens with zero attached hydrogens (tertiary/aromatic N) is 6. The minimum absolute atomic E-state index is 0.0291. The van der Waals surface area contributed by atoms with E-state index in [0.717, 1.165) is 13.1 Å². The van der Waals surface area contributed by atoms with Gasteiger partial charge in [-0.05, 0) is 24.3 Å². The molecule has 4 heterocycles. The van der Waals surface area contributed by atoms with Gasteiger partial charge in [-0.15, -0.1) is 0 Å². The number of aliphatic hydroxyl groups excluding tert-OH is 1. The summed E-state index contributed by atoms with van der Waals surface area (Å²) in [6, 6.07) is 7.71. The van der Waals surface area contributed by atoms with Gasteiger partial charge in [0.1, 0.15) is 11.5 Å². The van der Waals surface area contributed by atoms with Crippen LogP contribution in [-0.4, -0.2) is 86.4 Å². The molecule has 1 fully saturated rings. The molecule has 11 heteroatoms. The van der Waals surface area contributed by atoms with Gasteiger partial charge in [0.05, 0.1) is 24.4 Å². The summed E-state index contributed by atoms with van der Waals surface area (Å²) < 4.78 is 16.5. The van der Waals surface area contributed by atoms with Crippen LogP contribution in [0.1, 0.15) is 0 Å². The Morgan fingerprint density at radius 1 is 1.12 bits per heavy atom. The molecule has 0 aliphatic carbocycles. The number of rotatable bonds is 4. The topological polar surface area (TPSA) is 111 Å². The van der Waals surface area contributed by atoms with Gasteiger partial charge in [-0.1, -0.05) is 6.07 Å². The largest absolute Gasteiger partial charge is 0.395 e. The Morgan fingerprint density at radius 3 is 2.69 bits per heavy atom. The van der Waals surface area contributed by atoms with E-state index in [4.69, 9.17) is 5.11 Å². The lowest BCUT2D eigenvalue weighted by Crippen LogP contribution is -2.50. The van der Waals surface area contributed by atoms with E-state index in [0.29, 0.717) is 25.2 Å². The number of hydrogen-bond acceptors (Lipinski definition) is 7. The van der Waals surface area contributed by atoms with Crippen molar-refractivity contribution in [3.8, 4) is 17.1 Å². The number of carbonyl (C=O) groups excluding carboxylic acids is 1. The summed E-state index contributed by atoms with van der Waals surface area (Å²) in [5, 5.41) is 15.6. The van der Waals surface area contributed by atoms with Crippen molar-refractivity contribution in [1.82, 2.24) is 29.5 Å². The van der Waals surface area contributed by atoms with Crippen LogP contribution in [0.4, 0.5) is 15.9 Å². The monoisotopic (exact) mass is 439 g/mol. The van der Waals surface area contributed by atoms with Crippen LogP contribution >= 0.6 is 0 Å². The molecule has 0 unspecified atom stereocenters. The van der Waals surface area contributed by atoms with Gasteiger partial charge in [0, 0.05) is 38.9 Å². The molecule has 2 aliphatic rings. The Morgan fingerprint density at radius 2 is 1.91 bits per heavy atom. The number of β-amino-alcohol motifs (C(OH)–C–C–N with tert-alkyl or cyclic N) is 1. The molecule has 1 aromatic carbocycles. The quantitative estimate of drug-likeness (QED) is 0.604. The summed E-state index contributed by atoms with van der Waals surface area (Å²) in [7, 11) is 0. The number of piperazine rings is 1. The number of nitrogens with one attached hydrogen (secondary N) is 1. The molecule has 0 radical (unpaired) electrons. The van der Waals surface area contributed by atoms with Crippen molar-refractivity contribution in [3.63, 3.8) is 0 Å². The van der Waals surface area contributed by atoms with Crippen LogP contribution in [0.3, 0.4) is 0 Å². The summed E-state index contributed by atoms with van der Waals surface area (Å²) in [5.74, 6) is -0.506. The van der Waals surface area contributed by atoms with E-state index in [1.54, 1.807) is 18.2 Å². The zero-order valence-corrected chi connectivity index (χ0v) is 17.2. The second-order valence-electron chi connectivity index (χ2n) is 7.74. The molecule has 3 aromatic rings. The Kier molecular flexibility index (Phi) is 5.29. The van der Waals surface area contributed by atoms with Crippen molar-refractivity contribution < 1.29 is 14.3 Å². The molecule has 0 bridgehead atoms. The van der Waals surface area contributed by atoms with E-state index < -0.39 is 11.5 Å². The lowest BCUT2D eigenvalue weighted by Gasteiger charge is -2.35. The van der Waals surface area contributed by atoms with Gasteiger partial charge in [-0.25, -0.2) is 23.8 Å². The SMILES string of the molecule is O=C(CN1CCN(CCO)CC1)N1c2ncccc2-c2n[nH]c(=O)n2-c2cccc(F)c21. The number of aromatic amines is 1. The highest BCUT2D eigenvalue weighted by Gasteiger charge is 2.34. The second kappa shape index (κ2) is 8.26. The van der Waals surface area contributed by atoms with Crippen molar-refractivity contribution in [1.29, 1.82) is 0 Å². The first-order valence-electron chi connectivity index (χ1n) is 10.4. The first-order valence-corrected chi connectivity index (χ1v) is 10.4. The number of H-pyrrole nitrogens is 1. The molecule has 10 nitrogen and oxygen atoms in total. The van der Waals surface area contributed by atoms with Crippen LogP contribution in [0.2, 0.25) is 0 Å². The predicted molar refractivity (Wildman–Crippen MR) is 114 cm³/mol. The molecule has 1 saturated heterocycles. The Hall–Kier alpha value is -3.41. The van der Waals surface area contributed by atoms with E-state index in [9.17, 15) is 9.59 Å². The third kappa shape index (κ3) is 3.40. The number of para-hydroxylation sites is 1. The average Bonchev–Trinajstić information content (AvgIpc) is 3.11. The average molecular weight is 439 g/mol. The summed E-state index contributed by atoms with van der Waals surface area (Å²) in [6.45, 7) is 3.54. The standard InChI is InChI=1S/C21H22FN7O3/c22-15-4-1-5-16-18(15)29(17(31)13-27-9-7-26(8-10-27)11-12-30)19-14(3-2-6-23-19)20-24-25-21(32)28(16)20/h1-6,30H,7-13H2,(H,25,32). The van der Waals surface area contributed by atoms with Gasteiger partial charge < -0.3 is 5.11 Å². The number of benzene rings is 1. The number of amides is 1. The van der Waals surface area contributed by atoms with Crippen molar-refractivity contribution in [2.24, 2.45) is 0 Å². The molecule has 5 rings (SSSR count). The molecule has 0 spiro atoms. The molecule has 2 aromatic heterocycles. The van der Waals surface area contributed by atoms with Crippen molar-refractivity contribution >= 4 is 17.4 Å². The van der Waals surface area contributed by atoms with Gasteiger partial charge in [0.15, 0.2) is 11.6 Å². The fourth-order valence-electron chi connectivity index (χ4n) is 4.28. The fourth-order valence-corrected chi connectivity index (χ4v) is 4.28. The molecular weight excluding hydrogens is 417 g/mol. The summed E-state index contributed by atoms with van der Waals surface area (Å²) >= 11 is 0. The molecule has 32 heavy (non-hydrogen) atoms. The molecule has 1 amide bonds. The van der Waals surface area contributed by atoms with Gasteiger partial charge in [-0.2, -0.15) is 5.10 Å². The van der Waals surface area contributed by atoms with Gasteiger partial charge >= 0.3 is 5.69 Å². The third-order valence-electron chi connectivity index (χ3n) is 5.83. The fraction of sp³-hybridized carbons (Fsp3) is 0.333. The number of hydrogen-bond donors (Lipinski definition) is 2. The van der Waals surface area contributed by atoms with Crippen LogP contribution < -0.4 is 10.6 Å². The highest BCUT2D eigenvalue weighted by Crippen LogP contribution is 2.41. The first kappa shape index (κ1) is 20.5. The normalized spacial score (nSPS) is 16.2. The van der Waals surface area contributed by atoms with Gasteiger partial charge in [0.25, 0.3) is 0 Å². The molecule has 0 atom stereocenters. The van der Waals surface area contributed by atoms with Crippen LogP contribution in [0, 0.1) is 5.82 Å². The Balaban J connectivity index is 1.57. The zero-order chi connectivity index (χ0) is 22.2. The van der Waals surface area contributed by atoms with Gasteiger partial charge in [-0.3, -0.25) is 19.5 Å². The van der Waals surface area contributed by atoms with E-state index >= 15 is 4.39 Å². The number of carbonyl (C=O) groups is 1. The van der Waals surface area contributed by atoms with Crippen LogP contribution in [0.25, 0.3) is 17.1 Å². The number of pyridine rings is 1. The number of halogens is 1. The lowest BCUT2D eigenvalue weighted by molar-refractivity contribution is -0.119. The highest BCUT2D eigenvalue weighted by atomic mass is 19.1. The van der Waals surface area contributed by atoms with Crippen LogP contribution in [-0.2, 0) is 4.79 Å². The Bertz CT molecular complexity index is 1220. The molecule has 2 aliphatic heterocycles. The lowest BCUT2D eigenvalue weighted by atomic mass is 10.2. The molecule has 0 saturated carbocycles. The molecular formula is C21H22FN7O3. The highest BCUT2D eigenvalue weighted by molar-refractivity contribution is 6.06. The summed E-state index contributed by atoms with van der Waals surface area (Å²) in [4.78, 5) is 35.9. The van der Waals surface area contributed by atoms with Gasteiger partial charge in [0.2, 0.25) is 5.91 Å². The predicted octanol–water partition coefficient (Wildman–Crippen LogP) is 0.350. The van der Waals surface area contributed by atoms with Crippen molar-refractivity contribution in [3.05, 3.63) is 52.8 Å². The minimum Gasteiger partial charge on any atom is -0.395 e. The maximum Gasteiger partial charge on any atom is 0.348 e. The molecule has 2 N–H and O–H groups in total. The maximum absolute atomic E-state index is 15.2. The minimum atomic E-state index is -0.638. The van der Waals surface area contributed by atoms with E-state index in [-0.39, 0.29) is 42.1 Å². The number of fused-ring (bicyclic) bond motifs is 5. The van der Waals surface area contributed by atoms with Crippen molar-refractivity contribution in [2.75, 3.05) is 50.8 Å². The van der Waals surface area contributed by atoms with E-state index in [1.165, 1.54) is 27.8 Å². The zero-order valence-electron chi connectivity index (χ0n) is 17.2. The van der Waals surface area contributed by atoms with Crippen LogP contribution in [0.5, 0.6) is 0 Å². The molecule has 166 valence electrons. The maximum atomic E-state index is 15.2. The van der Waals surface area contributed by atoms with Crippen molar-refractivity contribution in [2.45, 2.75) is 0 Å². The first-order chi connectivity index (χ1) is 15.6. The number of anilines is 2. The smallest absolute Gasteiger partial charge is 0.348 e. The number of aliphatic hydroxyl groups is 1. The van der Waals surface area contributed by atoms with Crippen LogP contribution in [0.15, 0.2) is 41.3 Å². The van der Waals surface area contributed by atoms with E-state index in [2.05, 4.69) is 20.1 Å². The third-order valence-corrected chi connectivity index (χ3v) is 5.83. The summed E-state index contributed by atoms with van der Waals surface area (Å²) in [5.41, 5.74) is 0.106. The van der Waals surface area contributed by atoms with E-state index in [1.807, 2.05) is 4.90 Å². The Labute approximate surface area is 182 Å². The summed E-state index contributed by atoms with van der Waals surface area (Å²) in [6.07, 6.45) is 1.52.